The first-order valence-electron chi connectivity index (χ1n) is 5.30. The highest BCUT2D eigenvalue weighted by atomic mass is 35.5. The average molecular weight is 287 g/mol. The first-order chi connectivity index (χ1) is 8.61. The van der Waals surface area contributed by atoms with Gasteiger partial charge in [-0.3, -0.25) is 11.3 Å². The van der Waals surface area contributed by atoms with Crippen LogP contribution < -0.4 is 11.3 Å². The van der Waals surface area contributed by atoms with Gasteiger partial charge in [0.15, 0.2) is 0 Å². The minimum atomic E-state index is -0.297. The summed E-state index contributed by atoms with van der Waals surface area (Å²) < 4.78 is 17.5. The third-order valence-corrected chi connectivity index (χ3v) is 3.81. The molecule has 96 valence electrons. The largest absolute Gasteiger partial charge is 0.271 e. The maximum Gasteiger partial charge on any atom is 0.126 e. The molecule has 3 N–H and O–H groups in total. The zero-order chi connectivity index (χ0) is 13.1. The zero-order valence-corrected chi connectivity index (χ0v) is 11.2. The van der Waals surface area contributed by atoms with Crippen molar-refractivity contribution >= 4 is 23.1 Å². The van der Waals surface area contributed by atoms with E-state index in [2.05, 4.69) is 15.0 Å². The fourth-order valence-electron chi connectivity index (χ4n) is 1.70. The van der Waals surface area contributed by atoms with Crippen LogP contribution in [0.3, 0.4) is 0 Å². The number of rotatable bonds is 4. The lowest BCUT2D eigenvalue weighted by Crippen LogP contribution is -2.29. The van der Waals surface area contributed by atoms with Crippen LogP contribution in [0.4, 0.5) is 4.39 Å². The minimum Gasteiger partial charge on any atom is -0.271 e. The van der Waals surface area contributed by atoms with Gasteiger partial charge in [-0.1, -0.05) is 16.1 Å². The smallest absolute Gasteiger partial charge is 0.126 e. The fraction of sp³-hybridized carbons (Fsp3) is 0.273. The number of nitrogens with two attached hydrogens (primary N) is 1. The molecule has 1 heterocycles. The van der Waals surface area contributed by atoms with E-state index in [4.69, 9.17) is 17.4 Å². The van der Waals surface area contributed by atoms with Gasteiger partial charge in [0.2, 0.25) is 0 Å². The van der Waals surface area contributed by atoms with Crippen LogP contribution in [0.5, 0.6) is 0 Å². The molecule has 0 saturated carbocycles. The first kappa shape index (κ1) is 13.4. The Morgan fingerprint density at radius 2 is 2.33 bits per heavy atom. The van der Waals surface area contributed by atoms with E-state index in [0.717, 1.165) is 10.6 Å². The fourth-order valence-corrected chi connectivity index (χ4v) is 2.60. The maximum absolute atomic E-state index is 13.7. The lowest BCUT2D eigenvalue weighted by Gasteiger charge is -2.15. The summed E-state index contributed by atoms with van der Waals surface area (Å²) in [6, 6.07) is 4.25. The predicted octanol–water partition coefficient (Wildman–Crippen LogP) is 2.39. The van der Waals surface area contributed by atoms with Crippen LogP contribution >= 0.6 is 23.1 Å². The van der Waals surface area contributed by atoms with Crippen LogP contribution in [-0.4, -0.2) is 9.59 Å². The number of hydrogen-bond donors (Lipinski definition) is 2. The van der Waals surface area contributed by atoms with E-state index in [0.29, 0.717) is 17.0 Å². The summed E-state index contributed by atoms with van der Waals surface area (Å²) in [6.07, 6.45) is 0.396. The summed E-state index contributed by atoms with van der Waals surface area (Å²) in [5, 5.41) is 4.42. The number of nitrogens with one attached hydrogen (secondary N) is 1. The molecule has 0 aliphatic carbocycles. The van der Waals surface area contributed by atoms with Crippen molar-refractivity contribution in [3.63, 3.8) is 0 Å². The molecule has 4 nitrogen and oxygen atoms in total. The molecule has 0 aliphatic heterocycles. The number of halogens is 2. The van der Waals surface area contributed by atoms with Crippen molar-refractivity contribution in [3.05, 3.63) is 45.2 Å². The van der Waals surface area contributed by atoms with Crippen LogP contribution in [0.15, 0.2) is 18.2 Å². The van der Waals surface area contributed by atoms with Gasteiger partial charge in [-0.25, -0.2) is 4.39 Å². The monoisotopic (exact) mass is 286 g/mol. The van der Waals surface area contributed by atoms with E-state index in [1.165, 1.54) is 23.7 Å². The number of aryl methyl sites for hydroxylation is 1. The molecule has 1 unspecified atom stereocenters. The highest BCUT2D eigenvalue weighted by molar-refractivity contribution is 7.05. The Morgan fingerprint density at radius 3 is 2.94 bits per heavy atom. The van der Waals surface area contributed by atoms with Gasteiger partial charge in [0.1, 0.15) is 5.82 Å². The van der Waals surface area contributed by atoms with Crippen molar-refractivity contribution in [2.75, 3.05) is 0 Å². The molecular formula is C11H12ClFN4S. The molecule has 1 aromatic heterocycles. The van der Waals surface area contributed by atoms with Crippen LogP contribution in [0.1, 0.15) is 22.2 Å². The number of aromatic nitrogens is 2. The Kier molecular flexibility index (Phi) is 4.23. The van der Waals surface area contributed by atoms with E-state index in [9.17, 15) is 4.39 Å². The Morgan fingerprint density at radius 1 is 1.56 bits per heavy atom. The molecule has 1 aromatic carbocycles. The van der Waals surface area contributed by atoms with Crippen LogP contribution in [0.25, 0.3) is 0 Å². The van der Waals surface area contributed by atoms with E-state index in [1.54, 1.807) is 6.07 Å². The Labute approximate surface area is 113 Å². The van der Waals surface area contributed by atoms with E-state index >= 15 is 0 Å². The van der Waals surface area contributed by atoms with Crippen molar-refractivity contribution in [2.24, 2.45) is 5.84 Å². The third-order valence-electron chi connectivity index (χ3n) is 2.64. The van der Waals surface area contributed by atoms with Gasteiger partial charge >= 0.3 is 0 Å². The van der Waals surface area contributed by atoms with Crippen LogP contribution in [-0.2, 0) is 6.42 Å². The normalized spacial score (nSPS) is 12.7. The van der Waals surface area contributed by atoms with Crippen molar-refractivity contribution in [1.82, 2.24) is 15.0 Å². The van der Waals surface area contributed by atoms with Gasteiger partial charge in [-0.15, -0.1) is 5.10 Å². The molecule has 0 saturated heterocycles. The van der Waals surface area contributed by atoms with Gasteiger partial charge in [0, 0.05) is 5.02 Å². The summed E-state index contributed by atoms with van der Waals surface area (Å²) in [6.45, 7) is 1.84. The topological polar surface area (TPSA) is 63.8 Å². The van der Waals surface area contributed by atoms with Gasteiger partial charge in [0.25, 0.3) is 0 Å². The molecule has 2 aromatic rings. The summed E-state index contributed by atoms with van der Waals surface area (Å²) in [5.74, 6) is 5.22. The number of benzene rings is 1. The molecule has 0 fully saturated rings. The van der Waals surface area contributed by atoms with E-state index in [-0.39, 0.29) is 11.9 Å². The summed E-state index contributed by atoms with van der Waals surface area (Å²) >= 11 is 7.11. The van der Waals surface area contributed by atoms with Crippen molar-refractivity contribution in [2.45, 2.75) is 19.4 Å². The Bertz CT molecular complexity index is 546. The van der Waals surface area contributed by atoms with Crippen LogP contribution in [0, 0.1) is 12.7 Å². The number of nitrogens with zero attached hydrogens (tertiary/aromatic N) is 2. The second-order valence-corrected chi connectivity index (χ2v) is 5.10. The highest BCUT2D eigenvalue weighted by Gasteiger charge is 2.18. The van der Waals surface area contributed by atoms with Gasteiger partial charge in [-0.2, -0.15) is 0 Å². The Hall–Kier alpha value is -1.08. The molecule has 7 heteroatoms. The molecule has 0 radical (unpaired) electrons. The summed E-state index contributed by atoms with van der Waals surface area (Å²) in [7, 11) is 0. The van der Waals surface area contributed by atoms with Gasteiger partial charge in [0.05, 0.1) is 16.6 Å². The Balaban J connectivity index is 2.26. The molecule has 2 rings (SSSR count). The molecule has 0 bridgehead atoms. The maximum atomic E-state index is 13.7. The standard InChI is InChI=1S/C11H12ClFN4S/c1-6-11(18-17-16-6)10(15-14)5-7-4-8(12)2-3-9(7)13/h2-4,10,15H,5,14H2,1H3. The predicted molar refractivity (Wildman–Crippen MR) is 69.8 cm³/mol. The molecule has 18 heavy (non-hydrogen) atoms. The van der Waals surface area contributed by atoms with Gasteiger partial charge in [-0.05, 0) is 48.6 Å². The van der Waals surface area contributed by atoms with Crippen LogP contribution in [0.2, 0.25) is 5.02 Å². The minimum absolute atomic E-state index is 0.224. The van der Waals surface area contributed by atoms with E-state index in [1.807, 2.05) is 6.92 Å². The highest BCUT2D eigenvalue weighted by Crippen LogP contribution is 2.25. The number of hydrogen-bond acceptors (Lipinski definition) is 5. The molecule has 1 atom stereocenters. The molecule has 0 spiro atoms. The molecular weight excluding hydrogens is 275 g/mol. The van der Waals surface area contributed by atoms with E-state index < -0.39 is 0 Å². The molecule has 0 amide bonds. The second kappa shape index (κ2) is 5.71. The number of hydrazine groups is 1. The summed E-state index contributed by atoms with van der Waals surface area (Å²) in [4.78, 5) is 0.900. The quantitative estimate of drug-likeness (QED) is 0.669. The average Bonchev–Trinajstić information content (AvgIpc) is 2.77. The van der Waals surface area contributed by atoms with Crippen molar-refractivity contribution in [3.8, 4) is 0 Å². The summed E-state index contributed by atoms with van der Waals surface area (Å²) in [5.41, 5.74) is 3.97. The SMILES string of the molecule is Cc1nnsc1C(Cc1cc(Cl)ccc1F)NN. The van der Waals surface area contributed by atoms with Crippen molar-refractivity contribution < 1.29 is 4.39 Å². The van der Waals surface area contributed by atoms with Gasteiger partial charge < -0.3 is 0 Å². The third kappa shape index (κ3) is 2.84. The molecule has 0 aliphatic rings. The lowest BCUT2D eigenvalue weighted by atomic mass is 10.0. The van der Waals surface area contributed by atoms with Crippen molar-refractivity contribution in [1.29, 1.82) is 0 Å². The zero-order valence-electron chi connectivity index (χ0n) is 9.65. The lowest BCUT2D eigenvalue weighted by molar-refractivity contribution is 0.533. The second-order valence-electron chi connectivity index (χ2n) is 3.88. The first-order valence-corrected chi connectivity index (χ1v) is 6.46.